The number of hydrogen-bond donors (Lipinski definition) is 1. The molecular formula is C6H8FNO3. The molecule has 5 heteroatoms. The number of halogens is 1. The molecule has 62 valence electrons. The molecular weight excluding hydrogens is 153 g/mol. The lowest BCUT2D eigenvalue weighted by molar-refractivity contribution is -0.168. The van der Waals surface area contributed by atoms with E-state index in [1.165, 1.54) is 6.92 Å². The summed E-state index contributed by atoms with van der Waals surface area (Å²) in [4.78, 5) is 21.8. The Labute approximate surface area is 62.6 Å². The van der Waals surface area contributed by atoms with E-state index >= 15 is 0 Å². The minimum atomic E-state index is -2.20. The quantitative estimate of drug-likeness (QED) is 0.571. The second kappa shape index (κ2) is 2.18. The first-order valence-corrected chi connectivity index (χ1v) is 3.13. The van der Waals surface area contributed by atoms with E-state index in [1.807, 2.05) is 0 Å². The van der Waals surface area contributed by atoms with Crippen molar-refractivity contribution in [3.8, 4) is 0 Å². The summed E-state index contributed by atoms with van der Waals surface area (Å²) in [6, 6.07) is 0. The predicted molar refractivity (Wildman–Crippen MR) is 33.7 cm³/mol. The molecule has 0 aromatic carbocycles. The van der Waals surface area contributed by atoms with E-state index in [9.17, 15) is 14.0 Å². The number of amides is 1. The Balaban J connectivity index is 2.50. The van der Waals surface area contributed by atoms with Crippen LogP contribution in [0.4, 0.5) is 4.39 Å². The molecule has 1 rings (SSSR count). The van der Waals surface area contributed by atoms with Crippen LogP contribution < -0.4 is 0 Å². The number of likely N-dealkylation sites (tertiary alicyclic amines) is 1. The Hall–Kier alpha value is -1.13. The summed E-state index contributed by atoms with van der Waals surface area (Å²) in [5.74, 6) is -1.78. The molecule has 0 aliphatic carbocycles. The predicted octanol–water partition coefficient (Wildman–Crippen LogP) is -0.359. The zero-order valence-electron chi connectivity index (χ0n) is 6.00. The first kappa shape index (κ1) is 7.97. The highest BCUT2D eigenvalue weighted by Gasteiger charge is 2.51. The topological polar surface area (TPSA) is 57.6 Å². The van der Waals surface area contributed by atoms with Crippen LogP contribution in [0.25, 0.3) is 0 Å². The van der Waals surface area contributed by atoms with E-state index in [-0.39, 0.29) is 19.0 Å². The van der Waals surface area contributed by atoms with Crippen LogP contribution in [0.15, 0.2) is 0 Å². The van der Waals surface area contributed by atoms with Crippen molar-refractivity contribution in [3.63, 3.8) is 0 Å². The van der Waals surface area contributed by atoms with Crippen molar-refractivity contribution >= 4 is 11.9 Å². The molecule has 0 bridgehead atoms. The van der Waals surface area contributed by atoms with Gasteiger partial charge in [0, 0.05) is 6.92 Å². The van der Waals surface area contributed by atoms with Crippen LogP contribution in [0.2, 0.25) is 0 Å². The third-order valence-electron chi connectivity index (χ3n) is 1.71. The third kappa shape index (κ3) is 1.18. The number of carboxylic acids is 1. The van der Waals surface area contributed by atoms with Crippen molar-refractivity contribution in [1.82, 2.24) is 4.90 Å². The summed E-state index contributed by atoms with van der Waals surface area (Å²) >= 11 is 0. The summed E-state index contributed by atoms with van der Waals surface area (Å²) in [6.07, 6.45) is 0. The molecule has 0 spiro atoms. The lowest BCUT2D eigenvalue weighted by Gasteiger charge is -2.40. The average molecular weight is 161 g/mol. The normalized spacial score (nSPS) is 20.7. The molecule has 0 unspecified atom stereocenters. The Morgan fingerprint density at radius 3 is 2.27 bits per heavy atom. The van der Waals surface area contributed by atoms with Gasteiger partial charge in [-0.05, 0) is 0 Å². The Morgan fingerprint density at radius 2 is 2.00 bits per heavy atom. The second-order valence-corrected chi connectivity index (χ2v) is 2.65. The lowest BCUT2D eigenvalue weighted by Crippen LogP contribution is -2.64. The van der Waals surface area contributed by atoms with E-state index in [2.05, 4.69) is 0 Å². The van der Waals surface area contributed by atoms with Crippen molar-refractivity contribution in [1.29, 1.82) is 0 Å². The molecule has 1 heterocycles. The van der Waals surface area contributed by atoms with Crippen molar-refractivity contribution in [2.24, 2.45) is 0 Å². The van der Waals surface area contributed by atoms with Crippen LogP contribution in [0, 0.1) is 0 Å². The first-order valence-electron chi connectivity index (χ1n) is 3.13. The SMILES string of the molecule is CC(=O)N1CC(F)(C(=O)O)C1. The number of alkyl halides is 1. The molecule has 0 radical (unpaired) electrons. The maximum absolute atomic E-state index is 12.8. The smallest absolute Gasteiger partial charge is 0.345 e. The molecule has 0 saturated carbocycles. The minimum absolute atomic E-state index is 0.292. The van der Waals surface area contributed by atoms with Crippen LogP contribution in [0.5, 0.6) is 0 Å². The number of carbonyl (C=O) groups excluding carboxylic acids is 1. The molecule has 0 atom stereocenters. The van der Waals surface area contributed by atoms with Crippen molar-refractivity contribution in [3.05, 3.63) is 0 Å². The highest BCUT2D eigenvalue weighted by molar-refractivity contribution is 5.84. The maximum Gasteiger partial charge on any atom is 0.345 e. The largest absolute Gasteiger partial charge is 0.479 e. The van der Waals surface area contributed by atoms with Crippen LogP contribution >= 0.6 is 0 Å². The fraction of sp³-hybridized carbons (Fsp3) is 0.667. The van der Waals surface area contributed by atoms with Crippen LogP contribution in [0.1, 0.15) is 6.92 Å². The van der Waals surface area contributed by atoms with Gasteiger partial charge < -0.3 is 10.0 Å². The summed E-state index contributed by atoms with van der Waals surface area (Å²) in [7, 11) is 0. The van der Waals surface area contributed by atoms with Gasteiger partial charge in [-0.3, -0.25) is 4.79 Å². The fourth-order valence-electron chi connectivity index (χ4n) is 0.917. The zero-order valence-corrected chi connectivity index (χ0v) is 6.00. The summed E-state index contributed by atoms with van der Waals surface area (Å²) in [5, 5.41) is 8.28. The standard InChI is InChI=1S/C6H8FNO3/c1-4(9)8-2-6(7,3-8)5(10)11/h2-3H2,1H3,(H,10,11). The number of carbonyl (C=O) groups is 2. The summed E-state index contributed by atoms with van der Waals surface area (Å²) in [6.45, 7) is 0.636. The maximum atomic E-state index is 12.8. The van der Waals surface area contributed by atoms with Gasteiger partial charge in [0.2, 0.25) is 11.6 Å². The number of nitrogens with zero attached hydrogens (tertiary/aromatic N) is 1. The number of carboxylic acid groups (broad SMARTS) is 1. The first-order chi connectivity index (χ1) is 4.96. The van der Waals surface area contributed by atoms with Gasteiger partial charge in [-0.15, -0.1) is 0 Å². The molecule has 1 amide bonds. The van der Waals surface area contributed by atoms with Gasteiger partial charge in [0.15, 0.2) is 0 Å². The Bertz CT molecular complexity index is 210. The lowest BCUT2D eigenvalue weighted by atomic mass is 9.97. The summed E-state index contributed by atoms with van der Waals surface area (Å²) < 4.78 is 12.8. The molecule has 4 nitrogen and oxygen atoms in total. The van der Waals surface area contributed by atoms with Gasteiger partial charge in [-0.25, -0.2) is 9.18 Å². The van der Waals surface area contributed by atoms with Crippen molar-refractivity contribution in [2.45, 2.75) is 12.6 Å². The molecule has 11 heavy (non-hydrogen) atoms. The van der Waals surface area contributed by atoms with E-state index < -0.39 is 11.6 Å². The molecule has 1 aliphatic heterocycles. The molecule has 0 aromatic rings. The molecule has 1 N–H and O–H groups in total. The van der Waals surface area contributed by atoms with Gasteiger partial charge >= 0.3 is 5.97 Å². The zero-order chi connectivity index (χ0) is 8.65. The highest BCUT2D eigenvalue weighted by Crippen LogP contribution is 2.25. The van der Waals surface area contributed by atoms with Crippen LogP contribution in [-0.4, -0.2) is 40.6 Å². The van der Waals surface area contributed by atoms with E-state index in [4.69, 9.17) is 5.11 Å². The minimum Gasteiger partial charge on any atom is -0.479 e. The average Bonchev–Trinajstić information content (AvgIpc) is 1.79. The highest BCUT2D eigenvalue weighted by atomic mass is 19.1. The summed E-state index contributed by atoms with van der Waals surface area (Å²) in [5.41, 5.74) is -2.20. The molecule has 1 aliphatic rings. The van der Waals surface area contributed by atoms with Gasteiger partial charge in [-0.2, -0.15) is 0 Å². The van der Waals surface area contributed by atoms with E-state index in [1.54, 1.807) is 0 Å². The fourth-order valence-corrected chi connectivity index (χ4v) is 0.917. The number of aliphatic carboxylic acids is 1. The third-order valence-corrected chi connectivity index (χ3v) is 1.71. The van der Waals surface area contributed by atoms with Crippen LogP contribution in [0.3, 0.4) is 0 Å². The van der Waals surface area contributed by atoms with E-state index in [0.29, 0.717) is 0 Å². The monoisotopic (exact) mass is 161 g/mol. The van der Waals surface area contributed by atoms with E-state index in [0.717, 1.165) is 4.90 Å². The van der Waals surface area contributed by atoms with Gasteiger partial charge in [0.05, 0.1) is 13.1 Å². The number of hydrogen-bond acceptors (Lipinski definition) is 2. The van der Waals surface area contributed by atoms with Gasteiger partial charge in [0.25, 0.3) is 0 Å². The van der Waals surface area contributed by atoms with Gasteiger partial charge in [-0.1, -0.05) is 0 Å². The second-order valence-electron chi connectivity index (χ2n) is 2.65. The van der Waals surface area contributed by atoms with Gasteiger partial charge in [0.1, 0.15) is 0 Å². The number of rotatable bonds is 1. The van der Waals surface area contributed by atoms with Crippen molar-refractivity contribution < 1.29 is 19.1 Å². The Morgan fingerprint density at radius 1 is 1.55 bits per heavy atom. The molecule has 0 aromatic heterocycles. The molecule has 1 saturated heterocycles. The van der Waals surface area contributed by atoms with Crippen LogP contribution in [-0.2, 0) is 9.59 Å². The molecule has 1 fully saturated rings. The van der Waals surface area contributed by atoms with Crippen molar-refractivity contribution in [2.75, 3.05) is 13.1 Å². The Kier molecular flexibility index (Phi) is 1.58.